The first-order valence-electron chi connectivity index (χ1n) is 6.13. The molecule has 1 aromatic carbocycles. The highest BCUT2D eigenvalue weighted by molar-refractivity contribution is 5.20. The monoisotopic (exact) mass is 245 g/mol. The third-order valence-electron chi connectivity index (χ3n) is 2.94. The molecule has 0 unspecified atom stereocenters. The first-order valence-corrected chi connectivity index (χ1v) is 6.13. The van der Waals surface area contributed by atoms with E-state index in [0.29, 0.717) is 6.61 Å². The minimum atomic E-state index is 0.670. The van der Waals surface area contributed by atoms with Crippen molar-refractivity contribution in [1.29, 1.82) is 0 Å². The second-order valence-corrected chi connectivity index (χ2v) is 4.22. The quantitative estimate of drug-likeness (QED) is 0.790. The van der Waals surface area contributed by atoms with Crippen molar-refractivity contribution in [2.24, 2.45) is 7.05 Å². The number of ether oxygens (including phenoxy) is 1. The van der Waals surface area contributed by atoms with Crippen LogP contribution in [0.5, 0.6) is 5.75 Å². The molecule has 4 nitrogen and oxygen atoms in total. The van der Waals surface area contributed by atoms with Crippen molar-refractivity contribution in [2.45, 2.75) is 13.5 Å². The van der Waals surface area contributed by atoms with E-state index in [2.05, 4.69) is 17.3 Å². The standard InChI is InChI=1S/C14H19N3O/c1-12-13(11-16-17(12)2)10-15-8-9-18-14-6-4-3-5-7-14/h3-7,11,15H,8-10H2,1-2H3. The lowest BCUT2D eigenvalue weighted by Crippen LogP contribution is -2.20. The molecule has 2 rings (SSSR count). The molecule has 0 saturated carbocycles. The van der Waals surface area contributed by atoms with E-state index in [9.17, 15) is 0 Å². The Hall–Kier alpha value is -1.81. The molecule has 0 saturated heterocycles. The molecule has 1 heterocycles. The molecule has 0 fully saturated rings. The maximum absolute atomic E-state index is 5.60. The van der Waals surface area contributed by atoms with Gasteiger partial charge < -0.3 is 10.1 Å². The lowest BCUT2D eigenvalue weighted by molar-refractivity contribution is 0.313. The summed E-state index contributed by atoms with van der Waals surface area (Å²) in [4.78, 5) is 0. The smallest absolute Gasteiger partial charge is 0.119 e. The minimum Gasteiger partial charge on any atom is -0.492 e. The van der Waals surface area contributed by atoms with Crippen LogP contribution in [0.15, 0.2) is 36.5 Å². The number of nitrogens with one attached hydrogen (secondary N) is 1. The molecule has 0 atom stereocenters. The van der Waals surface area contributed by atoms with Crippen LogP contribution in [0.25, 0.3) is 0 Å². The number of aromatic nitrogens is 2. The molecule has 0 bridgehead atoms. The average molecular weight is 245 g/mol. The number of rotatable bonds is 6. The van der Waals surface area contributed by atoms with E-state index < -0.39 is 0 Å². The van der Waals surface area contributed by atoms with E-state index in [1.54, 1.807) is 0 Å². The first-order chi connectivity index (χ1) is 8.77. The Morgan fingerprint density at radius 2 is 2.06 bits per heavy atom. The summed E-state index contributed by atoms with van der Waals surface area (Å²) in [7, 11) is 1.96. The van der Waals surface area contributed by atoms with Crippen LogP contribution in [0.4, 0.5) is 0 Å². The predicted octanol–water partition coefficient (Wildman–Crippen LogP) is 1.90. The molecule has 1 aromatic heterocycles. The summed E-state index contributed by atoms with van der Waals surface area (Å²) in [6.07, 6.45) is 1.90. The van der Waals surface area contributed by atoms with Crippen LogP contribution in [0.2, 0.25) is 0 Å². The van der Waals surface area contributed by atoms with E-state index in [0.717, 1.165) is 18.8 Å². The van der Waals surface area contributed by atoms with E-state index in [-0.39, 0.29) is 0 Å². The minimum absolute atomic E-state index is 0.670. The van der Waals surface area contributed by atoms with Gasteiger partial charge in [0, 0.05) is 31.4 Å². The molecule has 0 amide bonds. The zero-order valence-electron chi connectivity index (χ0n) is 10.9. The van der Waals surface area contributed by atoms with Crippen LogP contribution in [0.3, 0.4) is 0 Å². The maximum atomic E-state index is 5.60. The fraction of sp³-hybridized carbons (Fsp3) is 0.357. The average Bonchev–Trinajstić information content (AvgIpc) is 2.71. The molecule has 2 aromatic rings. The molecule has 0 aliphatic carbocycles. The van der Waals surface area contributed by atoms with Gasteiger partial charge in [-0.3, -0.25) is 4.68 Å². The third-order valence-corrected chi connectivity index (χ3v) is 2.94. The SMILES string of the molecule is Cc1c(CNCCOc2ccccc2)cnn1C. The predicted molar refractivity (Wildman–Crippen MR) is 71.6 cm³/mol. The van der Waals surface area contributed by atoms with Gasteiger partial charge in [-0.25, -0.2) is 0 Å². The summed E-state index contributed by atoms with van der Waals surface area (Å²) in [5.74, 6) is 0.914. The number of benzene rings is 1. The topological polar surface area (TPSA) is 39.1 Å². The Labute approximate surface area is 108 Å². The Bertz CT molecular complexity index is 479. The van der Waals surface area contributed by atoms with Gasteiger partial charge in [0.25, 0.3) is 0 Å². The maximum Gasteiger partial charge on any atom is 0.119 e. The summed E-state index contributed by atoms with van der Waals surface area (Å²) in [5, 5.41) is 7.56. The zero-order valence-corrected chi connectivity index (χ0v) is 10.9. The Kier molecular flexibility index (Phi) is 4.36. The Balaban J connectivity index is 1.66. The molecule has 0 radical (unpaired) electrons. The normalized spacial score (nSPS) is 10.6. The van der Waals surface area contributed by atoms with Crippen LogP contribution in [-0.4, -0.2) is 22.9 Å². The number of hydrogen-bond donors (Lipinski definition) is 1. The molecular formula is C14H19N3O. The van der Waals surface area contributed by atoms with Crippen molar-refractivity contribution < 1.29 is 4.74 Å². The fourth-order valence-electron chi connectivity index (χ4n) is 1.70. The molecule has 18 heavy (non-hydrogen) atoms. The van der Waals surface area contributed by atoms with Crippen molar-refractivity contribution in [3.63, 3.8) is 0 Å². The van der Waals surface area contributed by atoms with E-state index in [4.69, 9.17) is 4.74 Å². The molecule has 0 aliphatic rings. The molecule has 1 N–H and O–H groups in total. The van der Waals surface area contributed by atoms with Gasteiger partial charge in [0.15, 0.2) is 0 Å². The summed E-state index contributed by atoms with van der Waals surface area (Å²) in [6, 6.07) is 9.86. The van der Waals surface area contributed by atoms with Gasteiger partial charge in [-0.2, -0.15) is 5.10 Å². The molecule has 4 heteroatoms. The van der Waals surface area contributed by atoms with Gasteiger partial charge in [-0.15, -0.1) is 0 Å². The fourth-order valence-corrected chi connectivity index (χ4v) is 1.70. The van der Waals surface area contributed by atoms with Gasteiger partial charge >= 0.3 is 0 Å². The lowest BCUT2D eigenvalue weighted by Gasteiger charge is -2.07. The highest BCUT2D eigenvalue weighted by Gasteiger charge is 2.02. The van der Waals surface area contributed by atoms with Crippen molar-refractivity contribution >= 4 is 0 Å². The second-order valence-electron chi connectivity index (χ2n) is 4.22. The Morgan fingerprint density at radius 1 is 1.28 bits per heavy atom. The van der Waals surface area contributed by atoms with E-state index in [1.807, 2.05) is 48.3 Å². The van der Waals surface area contributed by atoms with E-state index >= 15 is 0 Å². The molecule has 0 spiro atoms. The van der Waals surface area contributed by atoms with Crippen LogP contribution < -0.4 is 10.1 Å². The number of nitrogens with zero attached hydrogens (tertiary/aromatic N) is 2. The van der Waals surface area contributed by atoms with Crippen molar-refractivity contribution in [1.82, 2.24) is 15.1 Å². The highest BCUT2D eigenvalue weighted by atomic mass is 16.5. The number of aryl methyl sites for hydroxylation is 1. The van der Waals surface area contributed by atoms with Gasteiger partial charge in [0.2, 0.25) is 0 Å². The summed E-state index contributed by atoms with van der Waals surface area (Å²) < 4.78 is 7.48. The van der Waals surface area contributed by atoms with Crippen LogP contribution in [0, 0.1) is 6.92 Å². The molecule has 0 aliphatic heterocycles. The summed E-state index contributed by atoms with van der Waals surface area (Å²) in [6.45, 7) is 4.40. The number of hydrogen-bond acceptors (Lipinski definition) is 3. The second kappa shape index (κ2) is 6.21. The summed E-state index contributed by atoms with van der Waals surface area (Å²) >= 11 is 0. The molecular weight excluding hydrogens is 226 g/mol. The third kappa shape index (κ3) is 3.34. The van der Waals surface area contributed by atoms with Crippen molar-refractivity contribution in [3.8, 4) is 5.75 Å². The van der Waals surface area contributed by atoms with Crippen molar-refractivity contribution in [2.75, 3.05) is 13.2 Å². The van der Waals surface area contributed by atoms with Crippen LogP contribution in [-0.2, 0) is 13.6 Å². The van der Waals surface area contributed by atoms with Crippen molar-refractivity contribution in [3.05, 3.63) is 47.8 Å². The molecule has 96 valence electrons. The van der Waals surface area contributed by atoms with Gasteiger partial charge in [0.05, 0.1) is 6.20 Å². The lowest BCUT2D eigenvalue weighted by atomic mass is 10.2. The number of para-hydroxylation sites is 1. The zero-order chi connectivity index (χ0) is 12.8. The van der Waals surface area contributed by atoms with Crippen LogP contribution in [0.1, 0.15) is 11.3 Å². The van der Waals surface area contributed by atoms with Gasteiger partial charge in [-0.1, -0.05) is 18.2 Å². The summed E-state index contributed by atoms with van der Waals surface area (Å²) in [5.41, 5.74) is 2.43. The largest absolute Gasteiger partial charge is 0.492 e. The first kappa shape index (κ1) is 12.6. The van der Waals surface area contributed by atoms with Gasteiger partial charge in [0.1, 0.15) is 12.4 Å². The van der Waals surface area contributed by atoms with Crippen LogP contribution >= 0.6 is 0 Å². The van der Waals surface area contributed by atoms with E-state index in [1.165, 1.54) is 11.3 Å². The Morgan fingerprint density at radius 3 is 2.72 bits per heavy atom. The highest BCUT2D eigenvalue weighted by Crippen LogP contribution is 2.07. The van der Waals surface area contributed by atoms with Gasteiger partial charge in [-0.05, 0) is 19.1 Å².